The van der Waals surface area contributed by atoms with E-state index in [0.717, 1.165) is 49.9 Å². The highest BCUT2D eigenvalue weighted by Crippen LogP contribution is 2.30. The smallest absolute Gasteiger partial charge is 0.413 e. The van der Waals surface area contributed by atoms with Crippen LogP contribution in [0.1, 0.15) is 89.2 Å². The van der Waals surface area contributed by atoms with Crippen molar-refractivity contribution in [2.45, 2.75) is 91.0 Å². The summed E-state index contributed by atoms with van der Waals surface area (Å²) in [5.41, 5.74) is 3.26. The number of carbonyl (C=O) groups excluding carboxylic acids is 3. The molecule has 0 radical (unpaired) electrons. The Morgan fingerprint density at radius 3 is 2.16 bits per heavy atom. The molecule has 1 heterocycles. The van der Waals surface area contributed by atoms with Gasteiger partial charge >= 0.3 is 6.09 Å². The quantitative estimate of drug-likeness (QED) is 0.109. The van der Waals surface area contributed by atoms with Gasteiger partial charge in [0.25, 0.3) is 0 Å². The molecular formula is C41H55N5O5. The number of anilines is 1. The number of hydrogen-bond donors (Lipinski definition) is 2. The van der Waals surface area contributed by atoms with Crippen molar-refractivity contribution in [1.82, 2.24) is 15.1 Å². The number of fused-ring (bicyclic) bond motifs is 1. The molecule has 4 rings (SSSR count). The van der Waals surface area contributed by atoms with Crippen LogP contribution in [0.2, 0.25) is 0 Å². The largest absolute Gasteiger partial charge is 0.494 e. The molecular weight excluding hydrogens is 642 g/mol. The SMILES string of the molecule is CCCCCCN(CCCCCC)C(=O)CCCOc1ccc2c(c1)CN(CC(=O)Nc1ccccc1)C(NC(=O)OCCc1ccccc1)=N2. The van der Waals surface area contributed by atoms with Crippen LogP contribution in [0.25, 0.3) is 0 Å². The number of carbonyl (C=O) groups is 3. The Morgan fingerprint density at radius 1 is 0.784 bits per heavy atom. The Hall–Kier alpha value is -4.86. The number of aliphatic imine (C=N–C) groups is 1. The Bertz CT molecular complexity index is 1520. The number of hydrogen-bond acceptors (Lipinski definition) is 7. The predicted octanol–water partition coefficient (Wildman–Crippen LogP) is 8.25. The van der Waals surface area contributed by atoms with E-state index in [9.17, 15) is 14.4 Å². The summed E-state index contributed by atoms with van der Waals surface area (Å²) in [6.07, 6.45) is 10.2. The monoisotopic (exact) mass is 697 g/mol. The molecule has 2 N–H and O–H groups in total. The van der Waals surface area contributed by atoms with Gasteiger partial charge in [-0.2, -0.15) is 0 Å². The summed E-state index contributed by atoms with van der Waals surface area (Å²) < 4.78 is 11.5. The van der Waals surface area contributed by atoms with Gasteiger partial charge < -0.3 is 24.6 Å². The first-order valence-electron chi connectivity index (χ1n) is 18.6. The van der Waals surface area contributed by atoms with Crippen LogP contribution in [0.15, 0.2) is 83.9 Å². The lowest BCUT2D eigenvalue weighted by atomic mass is 10.1. The van der Waals surface area contributed by atoms with E-state index in [-0.39, 0.29) is 30.9 Å². The summed E-state index contributed by atoms with van der Waals surface area (Å²) in [6, 6.07) is 24.6. The van der Waals surface area contributed by atoms with E-state index in [1.54, 1.807) is 4.90 Å². The molecule has 10 nitrogen and oxygen atoms in total. The number of rotatable bonds is 21. The molecule has 0 atom stereocenters. The zero-order chi connectivity index (χ0) is 36.1. The van der Waals surface area contributed by atoms with E-state index in [4.69, 9.17) is 14.5 Å². The third-order valence-electron chi connectivity index (χ3n) is 8.73. The van der Waals surface area contributed by atoms with Gasteiger partial charge in [-0.05, 0) is 55.2 Å². The fourth-order valence-electron chi connectivity index (χ4n) is 5.91. The van der Waals surface area contributed by atoms with Crippen LogP contribution in [-0.2, 0) is 27.3 Å². The van der Waals surface area contributed by atoms with Crippen molar-refractivity contribution in [2.24, 2.45) is 4.99 Å². The maximum Gasteiger partial charge on any atom is 0.413 e. The molecule has 0 saturated heterocycles. The van der Waals surface area contributed by atoms with Gasteiger partial charge in [0.1, 0.15) is 12.3 Å². The van der Waals surface area contributed by atoms with Gasteiger partial charge in [0, 0.05) is 43.7 Å². The van der Waals surface area contributed by atoms with Crippen molar-refractivity contribution in [1.29, 1.82) is 0 Å². The highest BCUT2D eigenvalue weighted by molar-refractivity contribution is 6.00. The average Bonchev–Trinajstić information content (AvgIpc) is 3.13. The lowest BCUT2D eigenvalue weighted by Gasteiger charge is -2.30. The summed E-state index contributed by atoms with van der Waals surface area (Å²) in [5.74, 6) is 0.849. The van der Waals surface area contributed by atoms with Crippen molar-refractivity contribution in [2.75, 3.05) is 38.2 Å². The van der Waals surface area contributed by atoms with Crippen LogP contribution in [0.3, 0.4) is 0 Å². The van der Waals surface area contributed by atoms with Gasteiger partial charge in [0.2, 0.25) is 17.8 Å². The maximum atomic E-state index is 13.1. The molecule has 0 bridgehead atoms. The lowest BCUT2D eigenvalue weighted by Crippen LogP contribution is -2.48. The van der Waals surface area contributed by atoms with Gasteiger partial charge in [0.15, 0.2) is 0 Å². The number of unbranched alkanes of at least 4 members (excludes halogenated alkanes) is 6. The molecule has 3 amide bonds. The van der Waals surface area contributed by atoms with Crippen LogP contribution < -0.4 is 15.4 Å². The minimum atomic E-state index is -0.642. The van der Waals surface area contributed by atoms with Crippen LogP contribution in [0.5, 0.6) is 5.75 Å². The Morgan fingerprint density at radius 2 is 1.47 bits per heavy atom. The standard InChI is InChI=1S/C41H55N5O5/c1-3-5-7-15-26-45(27-16-8-6-4-2)39(48)22-17-28-50-36-23-24-37-34(30-36)31-46(32-38(47)42-35-20-13-10-14-21-35)40(43-37)44-41(49)51-29-25-33-18-11-9-12-19-33/h9-14,18-21,23-24,30H,3-8,15-17,22,25-29,31-32H2,1-2H3,(H,42,47)(H,43,44,49). The molecule has 10 heteroatoms. The molecule has 0 saturated carbocycles. The predicted molar refractivity (Wildman–Crippen MR) is 203 cm³/mol. The molecule has 3 aromatic carbocycles. The van der Waals surface area contributed by atoms with Crippen molar-refractivity contribution in [3.05, 3.63) is 90.0 Å². The minimum absolute atomic E-state index is 0.0436. The summed E-state index contributed by atoms with van der Waals surface area (Å²) >= 11 is 0. The number of para-hydroxylation sites is 1. The van der Waals surface area contributed by atoms with E-state index < -0.39 is 6.09 Å². The number of ether oxygens (including phenoxy) is 2. The van der Waals surface area contributed by atoms with Gasteiger partial charge in [-0.1, -0.05) is 101 Å². The molecule has 0 spiro atoms. The van der Waals surface area contributed by atoms with Crippen molar-refractivity contribution in [3.8, 4) is 5.75 Å². The zero-order valence-electron chi connectivity index (χ0n) is 30.4. The molecule has 3 aromatic rings. The minimum Gasteiger partial charge on any atom is -0.494 e. The van der Waals surface area contributed by atoms with E-state index in [1.807, 2.05) is 78.9 Å². The Labute approximate surface area is 303 Å². The third-order valence-corrected chi connectivity index (χ3v) is 8.73. The van der Waals surface area contributed by atoms with E-state index >= 15 is 0 Å². The Kier molecular flexibility index (Phi) is 16.8. The number of benzene rings is 3. The molecule has 0 fully saturated rings. The second-order valence-corrected chi connectivity index (χ2v) is 12.9. The van der Waals surface area contributed by atoms with Crippen LogP contribution in [0, 0.1) is 0 Å². The van der Waals surface area contributed by atoms with Crippen LogP contribution in [-0.4, -0.2) is 66.5 Å². The molecule has 1 aliphatic heterocycles. The number of guanidine groups is 1. The number of amides is 3. The topological polar surface area (TPSA) is 113 Å². The normalized spacial score (nSPS) is 12.0. The lowest BCUT2D eigenvalue weighted by molar-refractivity contribution is -0.131. The highest BCUT2D eigenvalue weighted by atomic mass is 16.5. The first-order chi connectivity index (χ1) is 24.9. The summed E-state index contributed by atoms with van der Waals surface area (Å²) in [5, 5.41) is 5.65. The fraction of sp³-hybridized carbons (Fsp3) is 0.463. The van der Waals surface area contributed by atoms with Crippen molar-refractivity contribution < 1.29 is 23.9 Å². The summed E-state index contributed by atoms with van der Waals surface area (Å²) in [4.78, 5) is 47.4. The van der Waals surface area contributed by atoms with Gasteiger partial charge in [-0.15, -0.1) is 0 Å². The highest BCUT2D eigenvalue weighted by Gasteiger charge is 2.25. The van der Waals surface area contributed by atoms with Gasteiger partial charge in [-0.3, -0.25) is 14.9 Å². The molecule has 1 aliphatic rings. The number of nitrogens with one attached hydrogen (secondary N) is 2. The molecule has 51 heavy (non-hydrogen) atoms. The molecule has 274 valence electrons. The van der Waals surface area contributed by atoms with E-state index in [0.29, 0.717) is 49.5 Å². The summed E-state index contributed by atoms with van der Waals surface area (Å²) in [7, 11) is 0. The Balaban J connectivity index is 1.34. The van der Waals surface area contributed by atoms with Gasteiger partial charge in [-0.25, -0.2) is 9.79 Å². The third kappa shape index (κ3) is 14.1. The summed E-state index contributed by atoms with van der Waals surface area (Å²) in [6.45, 7) is 6.97. The molecule has 0 aromatic heterocycles. The van der Waals surface area contributed by atoms with Gasteiger partial charge in [0.05, 0.1) is 18.9 Å². The average molecular weight is 698 g/mol. The second-order valence-electron chi connectivity index (χ2n) is 12.9. The zero-order valence-corrected chi connectivity index (χ0v) is 30.4. The van der Waals surface area contributed by atoms with Crippen LogP contribution in [0.4, 0.5) is 16.2 Å². The maximum absolute atomic E-state index is 13.1. The van der Waals surface area contributed by atoms with Crippen molar-refractivity contribution >= 4 is 35.2 Å². The number of nitrogens with zero attached hydrogens (tertiary/aromatic N) is 3. The first kappa shape index (κ1) is 38.9. The number of alkyl carbamates (subject to hydrolysis) is 1. The van der Waals surface area contributed by atoms with E-state index in [2.05, 4.69) is 29.4 Å². The van der Waals surface area contributed by atoms with Crippen molar-refractivity contribution in [3.63, 3.8) is 0 Å². The molecule has 0 unspecified atom stereocenters. The van der Waals surface area contributed by atoms with E-state index in [1.165, 1.54) is 25.7 Å². The van der Waals surface area contributed by atoms with Crippen LogP contribution >= 0.6 is 0 Å². The first-order valence-corrected chi connectivity index (χ1v) is 18.6. The second kappa shape index (κ2) is 22.1. The fourth-order valence-corrected chi connectivity index (χ4v) is 5.91. The molecule has 0 aliphatic carbocycles.